The van der Waals surface area contributed by atoms with Crippen molar-refractivity contribution in [3.63, 3.8) is 0 Å². The molecule has 1 aromatic rings. The van der Waals surface area contributed by atoms with Gasteiger partial charge in [0.2, 0.25) is 0 Å². The van der Waals surface area contributed by atoms with Gasteiger partial charge in [0.15, 0.2) is 11.5 Å². The first kappa shape index (κ1) is 14.2. The molecule has 0 fully saturated rings. The molecular weight excluding hydrogens is 238 g/mol. The average molecular weight is 263 g/mol. The fraction of sp³-hybridized carbons (Fsp3) is 0.625. The van der Waals surface area contributed by atoms with E-state index in [1.54, 1.807) is 0 Å². The van der Waals surface area contributed by atoms with Gasteiger partial charge in [-0.25, -0.2) is 0 Å². The maximum atomic E-state index is 6.13. The summed E-state index contributed by atoms with van der Waals surface area (Å²) in [6.07, 6.45) is 2.50. The molecule has 0 spiro atoms. The van der Waals surface area contributed by atoms with Crippen LogP contribution in [0, 0.1) is 5.92 Å². The van der Waals surface area contributed by atoms with Crippen molar-refractivity contribution in [3.8, 4) is 11.5 Å². The molecule has 0 amide bonds. The second-order valence-electron chi connectivity index (χ2n) is 5.26. The van der Waals surface area contributed by atoms with Gasteiger partial charge in [-0.05, 0) is 31.0 Å². The van der Waals surface area contributed by atoms with Gasteiger partial charge in [-0.15, -0.1) is 0 Å². The van der Waals surface area contributed by atoms with Crippen LogP contribution in [0.4, 0.5) is 0 Å². The third-order valence-electron chi connectivity index (χ3n) is 3.73. The van der Waals surface area contributed by atoms with E-state index in [1.807, 2.05) is 24.3 Å². The molecule has 3 atom stereocenters. The highest BCUT2D eigenvalue weighted by Gasteiger charge is 2.31. The van der Waals surface area contributed by atoms with Gasteiger partial charge in [-0.1, -0.05) is 39.3 Å². The van der Waals surface area contributed by atoms with Gasteiger partial charge in [-0.2, -0.15) is 0 Å². The van der Waals surface area contributed by atoms with Crippen LogP contribution >= 0.6 is 0 Å². The summed E-state index contributed by atoms with van der Waals surface area (Å²) in [6.45, 7) is 8.25. The lowest BCUT2D eigenvalue weighted by atomic mass is 9.92. The maximum absolute atomic E-state index is 6.13. The van der Waals surface area contributed by atoms with Gasteiger partial charge in [0.25, 0.3) is 0 Å². The highest BCUT2D eigenvalue weighted by molar-refractivity contribution is 5.40. The van der Waals surface area contributed by atoms with Crippen molar-refractivity contribution in [2.75, 3.05) is 13.2 Å². The van der Waals surface area contributed by atoms with Crippen LogP contribution in [0.15, 0.2) is 24.3 Å². The summed E-state index contributed by atoms with van der Waals surface area (Å²) in [5.41, 5.74) is 0. The predicted molar refractivity (Wildman–Crippen MR) is 77.9 cm³/mol. The van der Waals surface area contributed by atoms with Crippen LogP contribution in [-0.2, 0) is 0 Å². The van der Waals surface area contributed by atoms with E-state index in [-0.39, 0.29) is 6.10 Å². The summed E-state index contributed by atoms with van der Waals surface area (Å²) >= 11 is 0. The first-order chi connectivity index (χ1) is 9.26. The fourth-order valence-electron chi connectivity index (χ4n) is 2.78. The predicted octanol–water partition coefficient (Wildman–Crippen LogP) is 3.24. The van der Waals surface area contributed by atoms with Gasteiger partial charge in [-0.3, -0.25) is 0 Å². The van der Waals surface area contributed by atoms with Gasteiger partial charge in [0.1, 0.15) is 12.7 Å². The average Bonchev–Trinajstić information content (AvgIpc) is 2.44. The first-order valence-electron chi connectivity index (χ1n) is 7.38. The summed E-state index contributed by atoms with van der Waals surface area (Å²) < 4.78 is 12.0. The van der Waals surface area contributed by atoms with E-state index < -0.39 is 0 Å². The second-order valence-corrected chi connectivity index (χ2v) is 5.26. The van der Waals surface area contributed by atoms with Crippen LogP contribution in [0.2, 0.25) is 0 Å². The minimum absolute atomic E-state index is 0.0939. The number of fused-ring (bicyclic) bond motifs is 1. The molecule has 3 nitrogen and oxygen atoms in total. The Hall–Kier alpha value is -1.22. The number of hydrogen-bond acceptors (Lipinski definition) is 3. The lowest BCUT2D eigenvalue weighted by Gasteiger charge is -2.35. The van der Waals surface area contributed by atoms with E-state index in [1.165, 1.54) is 12.8 Å². The smallest absolute Gasteiger partial charge is 0.161 e. The molecule has 1 heterocycles. The van der Waals surface area contributed by atoms with Crippen molar-refractivity contribution in [1.82, 2.24) is 5.32 Å². The highest BCUT2D eigenvalue weighted by atomic mass is 16.6. The monoisotopic (exact) mass is 263 g/mol. The number of likely N-dealkylation sites (N-methyl/N-ethyl adjacent to an activating group) is 1. The Morgan fingerprint density at radius 1 is 1.26 bits per heavy atom. The Morgan fingerprint density at radius 2 is 2.00 bits per heavy atom. The fourth-order valence-corrected chi connectivity index (χ4v) is 2.78. The molecule has 0 aromatic heterocycles. The standard InChI is InChI=1S/C16H25NO2/c1-4-8-12(3)16(17-5-2)15-11-18-13-9-6-7-10-14(13)19-15/h6-7,9-10,12,15-17H,4-5,8,11H2,1-3H3. The Morgan fingerprint density at radius 3 is 2.68 bits per heavy atom. The van der Waals surface area contributed by atoms with Crippen LogP contribution < -0.4 is 14.8 Å². The lowest BCUT2D eigenvalue weighted by molar-refractivity contribution is 0.0452. The number of nitrogens with one attached hydrogen (secondary N) is 1. The zero-order valence-electron chi connectivity index (χ0n) is 12.2. The molecule has 0 saturated carbocycles. The van der Waals surface area contributed by atoms with Crippen LogP contribution in [0.1, 0.15) is 33.6 Å². The molecule has 0 aliphatic carbocycles. The van der Waals surface area contributed by atoms with E-state index >= 15 is 0 Å². The molecular formula is C16H25NO2. The summed E-state index contributed by atoms with van der Waals surface area (Å²) in [5.74, 6) is 2.31. The first-order valence-corrected chi connectivity index (χ1v) is 7.38. The SMILES string of the molecule is CCCC(C)C(NCC)C1COc2ccccc2O1. The summed E-state index contributed by atoms with van der Waals surface area (Å²) in [5, 5.41) is 3.56. The van der Waals surface area contributed by atoms with Crippen LogP contribution in [0.3, 0.4) is 0 Å². The number of benzene rings is 1. The van der Waals surface area contributed by atoms with Crippen molar-refractivity contribution < 1.29 is 9.47 Å². The molecule has 1 aliphatic heterocycles. The molecule has 1 aliphatic rings. The Balaban J connectivity index is 2.07. The molecule has 3 unspecified atom stereocenters. The van der Waals surface area contributed by atoms with Crippen LogP contribution in [0.5, 0.6) is 11.5 Å². The molecule has 0 bridgehead atoms. The zero-order chi connectivity index (χ0) is 13.7. The van der Waals surface area contributed by atoms with Crippen molar-refractivity contribution in [2.45, 2.75) is 45.8 Å². The minimum Gasteiger partial charge on any atom is -0.486 e. The van der Waals surface area contributed by atoms with Gasteiger partial charge in [0.05, 0.1) is 0 Å². The largest absolute Gasteiger partial charge is 0.486 e. The van der Waals surface area contributed by atoms with E-state index in [9.17, 15) is 0 Å². The normalized spacial score (nSPS) is 20.9. The topological polar surface area (TPSA) is 30.5 Å². The number of hydrogen-bond donors (Lipinski definition) is 1. The number of ether oxygens (including phenoxy) is 2. The molecule has 3 heteroatoms. The van der Waals surface area contributed by atoms with Crippen LogP contribution in [0.25, 0.3) is 0 Å². The molecule has 106 valence electrons. The van der Waals surface area contributed by atoms with Crippen molar-refractivity contribution in [2.24, 2.45) is 5.92 Å². The third kappa shape index (κ3) is 3.41. The summed E-state index contributed by atoms with van der Waals surface area (Å²) in [7, 11) is 0. The molecule has 2 rings (SSSR count). The van der Waals surface area contributed by atoms with Crippen molar-refractivity contribution >= 4 is 0 Å². The van der Waals surface area contributed by atoms with E-state index in [0.717, 1.165) is 18.0 Å². The quantitative estimate of drug-likeness (QED) is 0.854. The Kier molecular flexibility index (Phi) is 5.08. The summed E-state index contributed by atoms with van der Waals surface area (Å²) in [4.78, 5) is 0. The Bertz CT molecular complexity index is 394. The van der Waals surface area contributed by atoms with Gasteiger partial charge in [0, 0.05) is 6.04 Å². The molecule has 1 aromatic carbocycles. The van der Waals surface area contributed by atoms with Crippen LogP contribution in [-0.4, -0.2) is 25.3 Å². The van der Waals surface area contributed by atoms with Crippen molar-refractivity contribution in [1.29, 1.82) is 0 Å². The van der Waals surface area contributed by atoms with Gasteiger partial charge < -0.3 is 14.8 Å². The van der Waals surface area contributed by atoms with E-state index in [4.69, 9.17) is 9.47 Å². The number of rotatable bonds is 6. The second kappa shape index (κ2) is 6.80. The van der Waals surface area contributed by atoms with Gasteiger partial charge >= 0.3 is 0 Å². The minimum atomic E-state index is 0.0939. The maximum Gasteiger partial charge on any atom is 0.161 e. The molecule has 0 saturated heterocycles. The Labute approximate surface area is 116 Å². The zero-order valence-corrected chi connectivity index (χ0v) is 12.2. The molecule has 19 heavy (non-hydrogen) atoms. The summed E-state index contributed by atoms with van der Waals surface area (Å²) in [6, 6.07) is 8.25. The molecule has 1 N–H and O–H groups in total. The molecule has 0 radical (unpaired) electrons. The number of para-hydroxylation sites is 2. The third-order valence-corrected chi connectivity index (χ3v) is 3.73. The highest BCUT2D eigenvalue weighted by Crippen LogP contribution is 2.32. The lowest BCUT2D eigenvalue weighted by Crippen LogP contribution is -2.51. The van der Waals surface area contributed by atoms with Crippen molar-refractivity contribution in [3.05, 3.63) is 24.3 Å². The van der Waals surface area contributed by atoms with E-state index in [0.29, 0.717) is 18.6 Å². The van der Waals surface area contributed by atoms with E-state index in [2.05, 4.69) is 26.1 Å².